The van der Waals surface area contributed by atoms with Gasteiger partial charge in [-0.15, -0.1) is 11.3 Å². The van der Waals surface area contributed by atoms with Crippen molar-refractivity contribution in [3.63, 3.8) is 0 Å². The molecule has 0 bridgehead atoms. The summed E-state index contributed by atoms with van der Waals surface area (Å²) in [4.78, 5) is 12.2. The molecular weight excluding hydrogens is 272 g/mol. The molecule has 2 heterocycles. The van der Waals surface area contributed by atoms with Gasteiger partial charge in [0.25, 0.3) is 0 Å². The largest absolute Gasteiger partial charge is 0.369 e. The van der Waals surface area contributed by atoms with Crippen molar-refractivity contribution in [1.82, 2.24) is 19.8 Å². The van der Waals surface area contributed by atoms with Crippen LogP contribution in [0.4, 0.5) is 0 Å². The number of tetrazole rings is 1. The number of aryl methyl sites for hydroxylation is 2. The van der Waals surface area contributed by atoms with Crippen LogP contribution < -0.4 is 5.69 Å². The molecular formula is C14H14N4OS. The SMILES string of the molecule is Cc1cc(C)cc(Cn2nnn(-c3cccs3)c2=O)c1. The van der Waals surface area contributed by atoms with E-state index < -0.39 is 0 Å². The van der Waals surface area contributed by atoms with Crippen molar-refractivity contribution in [3.05, 3.63) is 62.9 Å². The Morgan fingerprint density at radius 3 is 2.55 bits per heavy atom. The molecule has 3 rings (SSSR count). The first-order valence-electron chi connectivity index (χ1n) is 6.27. The van der Waals surface area contributed by atoms with E-state index in [0.717, 1.165) is 10.6 Å². The summed E-state index contributed by atoms with van der Waals surface area (Å²) in [6.07, 6.45) is 0. The van der Waals surface area contributed by atoms with E-state index in [-0.39, 0.29) is 5.69 Å². The topological polar surface area (TPSA) is 52.7 Å². The third-order valence-corrected chi connectivity index (χ3v) is 3.81. The lowest BCUT2D eigenvalue weighted by Crippen LogP contribution is -2.24. The number of nitrogens with zero attached hydrogens (tertiary/aromatic N) is 4. The van der Waals surface area contributed by atoms with Crippen molar-refractivity contribution in [2.75, 3.05) is 0 Å². The van der Waals surface area contributed by atoms with E-state index in [9.17, 15) is 4.79 Å². The second-order valence-electron chi connectivity index (χ2n) is 4.78. The standard InChI is InChI=1S/C14H14N4OS/c1-10-6-11(2)8-12(7-10)9-17-14(19)18(16-15-17)13-4-3-5-20-13/h3-8H,9H2,1-2H3. The van der Waals surface area contributed by atoms with Gasteiger partial charge in [0.15, 0.2) is 0 Å². The Morgan fingerprint density at radius 1 is 1.15 bits per heavy atom. The first-order valence-corrected chi connectivity index (χ1v) is 7.15. The maximum atomic E-state index is 12.2. The van der Waals surface area contributed by atoms with Gasteiger partial charge in [0.1, 0.15) is 5.00 Å². The van der Waals surface area contributed by atoms with Gasteiger partial charge in [-0.25, -0.2) is 4.79 Å². The van der Waals surface area contributed by atoms with Gasteiger partial charge < -0.3 is 0 Å². The molecule has 0 saturated heterocycles. The Morgan fingerprint density at radius 2 is 1.90 bits per heavy atom. The quantitative estimate of drug-likeness (QED) is 0.741. The lowest BCUT2D eigenvalue weighted by atomic mass is 10.1. The van der Waals surface area contributed by atoms with Crippen LogP contribution in [-0.4, -0.2) is 19.8 Å². The van der Waals surface area contributed by atoms with E-state index in [1.165, 1.54) is 31.8 Å². The zero-order valence-corrected chi connectivity index (χ0v) is 12.1. The highest BCUT2D eigenvalue weighted by Gasteiger charge is 2.10. The molecule has 0 saturated carbocycles. The molecule has 3 aromatic rings. The maximum absolute atomic E-state index is 12.2. The van der Waals surface area contributed by atoms with Crippen molar-refractivity contribution in [2.24, 2.45) is 0 Å². The van der Waals surface area contributed by atoms with Crippen LogP contribution in [0.3, 0.4) is 0 Å². The molecule has 0 unspecified atom stereocenters. The third-order valence-electron chi connectivity index (χ3n) is 2.97. The molecule has 0 aliphatic carbocycles. The average molecular weight is 286 g/mol. The summed E-state index contributed by atoms with van der Waals surface area (Å²) in [6, 6.07) is 9.96. The third kappa shape index (κ3) is 2.42. The van der Waals surface area contributed by atoms with E-state index >= 15 is 0 Å². The molecule has 1 aromatic carbocycles. The summed E-state index contributed by atoms with van der Waals surface area (Å²) in [5.41, 5.74) is 3.20. The van der Waals surface area contributed by atoms with Crippen LogP contribution in [0.2, 0.25) is 0 Å². The molecule has 0 spiro atoms. The van der Waals surface area contributed by atoms with Gasteiger partial charge in [0.2, 0.25) is 0 Å². The Kier molecular flexibility index (Phi) is 3.23. The first-order chi connectivity index (χ1) is 9.63. The van der Waals surface area contributed by atoms with Crippen LogP contribution in [-0.2, 0) is 6.54 Å². The van der Waals surface area contributed by atoms with Crippen LogP contribution in [0.25, 0.3) is 5.00 Å². The van der Waals surface area contributed by atoms with Gasteiger partial charge in [0, 0.05) is 0 Å². The highest BCUT2D eigenvalue weighted by molar-refractivity contribution is 7.12. The van der Waals surface area contributed by atoms with Gasteiger partial charge >= 0.3 is 5.69 Å². The molecule has 20 heavy (non-hydrogen) atoms. The highest BCUT2D eigenvalue weighted by Crippen LogP contribution is 2.12. The molecule has 0 aliphatic rings. The lowest BCUT2D eigenvalue weighted by Gasteiger charge is -2.03. The van der Waals surface area contributed by atoms with Gasteiger partial charge in [-0.3, -0.25) is 0 Å². The van der Waals surface area contributed by atoms with Crippen LogP contribution in [0.1, 0.15) is 16.7 Å². The van der Waals surface area contributed by atoms with Crippen molar-refractivity contribution >= 4 is 11.3 Å². The molecule has 5 nitrogen and oxygen atoms in total. The van der Waals surface area contributed by atoms with Crippen molar-refractivity contribution in [2.45, 2.75) is 20.4 Å². The Labute approximate surface area is 120 Å². The predicted molar refractivity (Wildman–Crippen MR) is 78.5 cm³/mol. The summed E-state index contributed by atoms with van der Waals surface area (Å²) < 4.78 is 2.71. The average Bonchev–Trinajstić information content (AvgIpc) is 2.99. The number of thiophene rings is 1. The zero-order chi connectivity index (χ0) is 14.1. The smallest absolute Gasteiger partial charge is 0.244 e. The maximum Gasteiger partial charge on any atom is 0.369 e. The number of hydrogen-bond donors (Lipinski definition) is 0. The van der Waals surface area contributed by atoms with Crippen molar-refractivity contribution in [1.29, 1.82) is 0 Å². The lowest BCUT2D eigenvalue weighted by molar-refractivity contribution is 0.631. The summed E-state index contributed by atoms with van der Waals surface area (Å²) in [6.45, 7) is 4.52. The van der Waals surface area contributed by atoms with Gasteiger partial charge in [-0.2, -0.15) is 9.36 Å². The van der Waals surface area contributed by atoms with Crippen LogP contribution in [0.5, 0.6) is 0 Å². The molecule has 6 heteroatoms. The molecule has 0 aliphatic heterocycles. The second-order valence-corrected chi connectivity index (χ2v) is 5.70. The Hall–Kier alpha value is -2.21. The minimum Gasteiger partial charge on any atom is -0.244 e. The number of aromatic nitrogens is 4. The molecule has 102 valence electrons. The number of hydrogen-bond acceptors (Lipinski definition) is 4. The molecule has 0 N–H and O–H groups in total. The van der Waals surface area contributed by atoms with Crippen LogP contribution >= 0.6 is 11.3 Å². The molecule has 2 aromatic heterocycles. The number of rotatable bonds is 3. The van der Waals surface area contributed by atoms with Crippen LogP contribution in [0.15, 0.2) is 40.5 Å². The fourth-order valence-corrected chi connectivity index (χ4v) is 2.90. The first kappa shape index (κ1) is 12.8. The normalized spacial score (nSPS) is 10.9. The fourth-order valence-electron chi connectivity index (χ4n) is 2.24. The van der Waals surface area contributed by atoms with E-state index in [1.807, 2.05) is 31.4 Å². The van der Waals surface area contributed by atoms with Crippen molar-refractivity contribution in [3.8, 4) is 5.00 Å². The number of benzene rings is 1. The van der Waals surface area contributed by atoms with E-state index in [4.69, 9.17) is 0 Å². The monoisotopic (exact) mass is 286 g/mol. The molecule has 0 atom stereocenters. The second kappa shape index (κ2) is 5.05. The zero-order valence-electron chi connectivity index (χ0n) is 11.3. The summed E-state index contributed by atoms with van der Waals surface area (Å²) in [5.74, 6) is 0. The minimum absolute atomic E-state index is 0.216. The van der Waals surface area contributed by atoms with Gasteiger partial charge in [0.05, 0.1) is 6.54 Å². The Balaban J connectivity index is 1.94. The predicted octanol–water partition coefficient (Wildman–Crippen LogP) is 2.16. The molecule has 0 fully saturated rings. The summed E-state index contributed by atoms with van der Waals surface area (Å²) in [7, 11) is 0. The van der Waals surface area contributed by atoms with Crippen molar-refractivity contribution < 1.29 is 0 Å². The van der Waals surface area contributed by atoms with E-state index in [2.05, 4.69) is 28.6 Å². The Bertz CT molecular complexity index is 766. The van der Waals surface area contributed by atoms with Crippen LogP contribution in [0, 0.1) is 13.8 Å². The van der Waals surface area contributed by atoms with E-state index in [0.29, 0.717) is 6.54 Å². The highest BCUT2D eigenvalue weighted by atomic mass is 32.1. The molecule has 0 radical (unpaired) electrons. The minimum atomic E-state index is -0.216. The van der Waals surface area contributed by atoms with E-state index in [1.54, 1.807) is 0 Å². The fraction of sp³-hybridized carbons (Fsp3) is 0.214. The van der Waals surface area contributed by atoms with Gasteiger partial charge in [-0.05, 0) is 47.4 Å². The van der Waals surface area contributed by atoms with Gasteiger partial charge in [-0.1, -0.05) is 29.3 Å². The summed E-state index contributed by atoms with van der Waals surface area (Å²) in [5, 5.41) is 10.6. The molecule has 0 amide bonds. The summed E-state index contributed by atoms with van der Waals surface area (Å²) >= 11 is 1.46.